The minimum absolute atomic E-state index is 0.146. The van der Waals surface area contributed by atoms with Crippen LogP contribution < -0.4 is 0 Å². The monoisotopic (exact) mass is 265 g/mol. The average Bonchev–Trinajstić information content (AvgIpc) is 2.62. The van der Waals surface area contributed by atoms with Crippen LogP contribution in [-0.2, 0) is 4.74 Å². The zero-order valence-corrected chi connectivity index (χ0v) is 11.1. The predicted octanol–water partition coefficient (Wildman–Crippen LogP) is 0.990. The summed E-state index contributed by atoms with van der Waals surface area (Å²) < 4.78 is 5.29. The van der Waals surface area contributed by atoms with Gasteiger partial charge in [0.05, 0.1) is 24.8 Å². The highest BCUT2D eigenvalue weighted by molar-refractivity contribution is 5.72. The third kappa shape index (κ3) is 3.05. The molecule has 1 fully saturated rings. The molecule has 1 saturated heterocycles. The van der Waals surface area contributed by atoms with Gasteiger partial charge in [0.2, 0.25) is 0 Å². The lowest BCUT2D eigenvalue weighted by molar-refractivity contribution is 0.126. The van der Waals surface area contributed by atoms with Crippen LogP contribution in [0.25, 0.3) is 0 Å². The van der Waals surface area contributed by atoms with Gasteiger partial charge in [-0.25, -0.2) is 4.79 Å². The largest absolute Gasteiger partial charge is 0.439 e. The lowest BCUT2D eigenvalue weighted by Crippen LogP contribution is -2.45. The van der Waals surface area contributed by atoms with Gasteiger partial charge in [-0.1, -0.05) is 24.3 Å². The molecule has 19 heavy (non-hydrogen) atoms. The van der Waals surface area contributed by atoms with E-state index in [1.54, 1.807) is 42.2 Å². The molecule has 0 aromatic rings. The maximum atomic E-state index is 11.7. The first-order valence-electron chi connectivity index (χ1n) is 6.35. The van der Waals surface area contributed by atoms with Crippen LogP contribution in [0, 0.1) is 0 Å². The minimum Gasteiger partial charge on any atom is -0.439 e. The van der Waals surface area contributed by atoms with Crippen molar-refractivity contribution >= 4 is 6.09 Å². The van der Waals surface area contributed by atoms with E-state index >= 15 is 0 Å². The number of ether oxygens (including phenoxy) is 1. The van der Waals surface area contributed by atoms with E-state index in [0.717, 1.165) is 5.57 Å². The third-order valence-electron chi connectivity index (χ3n) is 3.23. The third-order valence-corrected chi connectivity index (χ3v) is 3.23. The molecule has 0 aliphatic carbocycles. The fraction of sp³-hybridized carbons (Fsp3) is 0.500. The number of allylic oxidation sites excluding steroid dienone is 2. The molecule has 5 nitrogen and oxygen atoms in total. The molecule has 2 heterocycles. The van der Waals surface area contributed by atoms with E-state index in [9.17, 15) is 9.90 Å². The molecule has 5 heteroatoms. The fourth-order valence-corrected chi connectivity index (χ4v) is 2.43. The second kappa shape index (κ2) is 5.59. The molecule has 0 saturated carbocycles. The summed E-state index contributed by atoms with van der Waals surface area (Å²) in [5.74, 6) is 0. The molecule has 0 bridgehead atoms. The molecule has 0 aromatic carbocycles. The molecule has 104 valence electrons. The summed E-state index contributed by atoms with van der Waals surface area (Å²) in [6, 6.07) is -0.146. The first-order chi connectivity index (χ1) is 8.99. The Bertz CT molecular complexity index is 439. The summed E-state index contributed by atoms with van der Waals surface area (Å²) in [4.78, 5) is 13.3. The minimum atomic E-state index is -0.623. The number of hydrogen-bond acceptors (Lipinski definition) is 4. The van der Waals surface area contributed by atoms with Gasteiger partial charge in [0.1, 0.15) is 6.10 Å². The Labute approximate surface area is 112 Å². The van der Waals surface area contributed by atoms with Gasteiger partial charge >= 0.3 is 6.09 Å². The van der Waals surface area contributed by atoms with Crippen molar-refractivity contribution in [2.75, 3.05) is 6.54 Å². The van der Waals surface area contributed by atoms with Crippen molar-refractivity contribution in [3.8, 4) is 0 Å². The van der Waals surface area contributed by atoms with E-state index < -0.39 is 18.3 Å². The molecule has 2 aliphatic rings. The van der Waals surface area contributed by atoms with Gasteiger partial charge in [-0.15, -0.1) is 0 Å². The molecular weight excluding hydrogens is 246 g/mol. The second-order valence-electron chi connectivity index (χ2n) is 4.93. The number of carbonyl (C=O) groups excluding carboxylic acids is 1. The second-order valence-corrected chi connectivity index (χ2v) is 4.93. The number of cyclic esters (lactones) is 1. The van der Waals surface area contributed by atoms with Crippen molar-refractivity contribution in [1.29, 1.82) is 0 Å². The average molecular weight is 265 g/mol. The van der Waals surface area contributed by atoms with Crippen molar-refractivity contribution in [3.05, 3.63) is 36.0 Å². The van der Waals surface area contributed by atoms with Gasteiger partial charge in [-0.3, -0.25) is 4.90 Å². The van der Waals surface area contributed by atoms with Crippen LogP contribution in [0.2, 0.25) is 0 Å². The quantitative estimate of drug-likeness (QED) is 0.590. The summed E-state index contributed by atoms with van der Waals surface area (Å²) >= 11 is 0. The standard InChI is InChI=1S/C14H19NO4/c1-9-7-11(17)8-15-13(9)12(19-14(15)18)6-4-3-5-10(2)16/h3-7,10-13,16-17H,8H2,1-2H3/b5-3+,6-4+. The topological polar surface area (TPSA) is 70.0 Å². The molecule has 2 rings (SSSR count). The molecular formula is C14H19NO4. The van der Waals surface area contributed by atoms with Crippen molar-refractivity contribution in [3.63, 3.8) is 0 Å². The van der Waals surface area contributed by atoms with E-state index in [4.69, 9.17) is 9.84 Å². The first kappa shape index (κ1) is 13.8. The Morgan fingerprint density at radius 3 is 2.95 bits per heavy atom. The Balaban J connectivity index is 2.11. The smallest absolute Gasteiger partial charge is 0.411 e. The molecule has 4 unspecified atom stereocenters. The van der Waals surface area contributed by atoms with E-state index in [2.05, 4.69) is 0 Å². The Kier molecular flexibility index (Phi) is 4.07. The van der Waals surface area contributed by atoms with Crippen LogP contribution in [-0.4, -0.2) is 52.1 Å². The van der Waals surface area contributed by atoms with E-state index in [0.29, 0.717) is 0 Å². The Morgan fingerprint density at radius 2 is 2.26 bits per heavy atom. The van der Waals surface area contributed by atoms with Gasteiger partial charge in [0.25, 0.3) is 0 Å². The van der Waals surface area contributed by atoms with Gasteiger partial charge in [0.15, 0.2) is 0 Å². The number of amides is 1. The predicted molar refractivity (Wildman–Crippen MR) is 70.5 cm³/mol. The molecule has 4 atom stereocenters. The molecule has 2 aliphatic heterocycles. The maximum Gasteiger partial charge on any atom is 0.411 e. The lowest BCUT2D eigenvalue weighted by atomic mass is 9.96. The van der Waals surface area contributed by atoms with Crippen LogP contribution in [0.15, 0.2) is 36.0 Å². The van der Waals surface area contributed by atoms with Crippen molar-refractivity contribution < 1.29 is 19.7 Å². The summed E-state index contributed by atoms with van der Waals surface area (Å²) in [6.45, 7) is 3.82. The molecule has 2 N–H and O–H groups in total. The number of aliphatic hydroxyl groups excluding tert-OH is 2. The van der Waals surface area contributed by atoms with Gasteiger partial charge < -0.3 is 14.9 Å². The summed E-state index contributed by atoms with van der Waals surface area (Å²) in [5, 5.41) is 18.7. The van der Waals surface area contributed by atoms with E-state index in [1.165, 1.54) is 0 Å². The normalized spacial score (nSPS) is 32.6. The zero-order valence-electron chi connectivity index (χ0n) is 11.1. The van der Waals surface area contributed by atoms with Crippen molar-refractivity contribution in [1.82, 2.24) is 4.90 Å². The van der Waals surface area contributed by atoms with Gasteiger partial charge in [-0.2, -0.15) is 0 Å². The summed E-state index contributed by atoms with van der Waals surface area (Å²) in [7, 11) is 0. The van der Waals surface area contributed by atoms with Gasteiger partial charge in [0, 0.05) is 0 Å². The van der Waals surface area contributed by atoms with Crippen LogP contribution in [0.3, 0.4) is 0 Å². The van der Waals surface area contributed by atoms with Crippen molar-refractivity contribution in [2.24, 2.45) is 0 Å². The highest BCUT2D eigenvalue weighted by Crippen LogP contribution is 2.29. The highest BCUT2D eigenvalue weighted by Gasteiger charge is 2.43. The van der Waals surface area contributed by atoms with E-state index in [1.807, 2.05) is 6.92 Å². The van der Waals surface area contributed by atoms with Gasteiger partial charge in [-0.05, 0) is 25.5 Å². The SMILES string of the molecule is CC1=CC(O)CN2C(=O)OC(/C=C/C=C/C(C)O)C12. The lowest BCUT2D eigenvalue weighted by Gasteiger charge is -2.30. The number of carbonyl (C=O) groups is 1. The fourth-order valence-electron chi connectivity index (χ4n) is 2.43. The first-order valence-corrected chi connectivity index (χ1v) is 6.35. The number of hydrogen-bond donors (Lipinski definition) is 2. The van der Waals surface area contributed by atoms with Crippen LogP contribution in [0.1, 0.15) is 13.8 Å². The molecule has 1 amide bonds. The molecule has 0 spiro atoms. The highest BCUT2D eigenvalue weighted by atomic mass is 16.6. The number of nitrogens with zero attached hydrogens (tertiary/aromatic N) is 1. The summed E-state index contributed by atoms with van der Waals surface area (Å²) in [5.41, 5.74) is 0.929. The maximum absolute atomic E-state index is 11.7. The number of rotatable bonds is 3. The summed E-state index contributed by atoms with van der Waals surface area (Å²) in [6.07, 6.45) is 6.79. The zero-order chi connectivity index (χ0) is 14.0. The Morgan fingerprint density at radius 1 is 1.53 bits per heavy atom. The number of fused-ring (bicyclic) bond motifs is 1. The number of aliphatic hydroxyl groups is 2. The molecule has 0 aromatic heterocycles. The van der Waals surface area contributed by atoms with Crippen LogP contribution >= 0.6 is 0 Å². The van der Waals surface area contributed by atoms with E-state index in [-0.39, 0.29) is 18.7 Å². The van der Waals surface area contributed by atoms with Crippen molar-refractivity contribution in [2.45, 2.75) is 38.2 Å². The molecule has 0 radical (unpaired) electrons. The van der Waals surface area contributed by atoms with Crippen LogP contribution in [0.4, 0.5) is 4.79 Å². The Hall–Kier alpha value is -1.59. The van der Waals surface area contributed by atoms with Crippen LogP contribution in [0.5, 0.6) is 0 Å².